The van der Waals surface area contributed by atoms with Crippen LogP contribution in [0.3, 0.4) is 0 Å². The van der Waals surface area contributed by atoms with Gasteiger partial charge in [-0.2, -0.15) is 0 Å². The average Bonchev–Trinajstić information content (AvgIpc) is 2.05. The van der Waals surface area contributed by atoms with E-state index in [4.69, 9.17) is 4.74 Å². The number of aliphatic imine (C=N–C) groups is 1. The van der Waals surface area contributed by atoms with Gasteiger partial charge in [0.15, 0.2) is 6.23 Å². The molecule has 0 amide bonds. The van der Waals surface area contributed by atoms with Crippen LogP contribution >= 0.6 is 11.8 Å². The van der Waals surface area contributed by atoms with Crippen molar-refractivity contribution in [2.75, 3.05) is 13.4 Å². The normalized spacial score (nSPS) is 24.4. The van der Waals surface area contributed by atoms with Gasteiger partial charge < -0.3 is 9.84 Å². The molecule has 4 heteroatoms. The molecule has 1 aliphatic rings. The Morgan fingerprint density at radius 2 is 2.55 bits per heavy atom. The first-order chi connectivity index (χ1) is 5.27. The van der Waals surface area contributed by atoms with Gasteiger partial charge in [0, 0.05) is 13.5 Å². The van der Waals surface area contributed by atoms with Crippen molar-refractivity contribution in [2.24, 2.45) is 4.99 Å². The van der Waals surface area contributed by atoms with Crippen LogP contribution < -0.4 is 0 Å². The molecule has 1 N–H and O–H groups in total. The maximum Gasteiger partial charge on any atom is 0.152 e. The number of hydrogen-bond donors (Lipinski definition) is 1. The van der Waals surface area contributed by atoms with E-state index >= 15 is 0 Å². The zero-order chi connectivity index (χ0) is 8.27. The monoisotopic (exact) mass is 173 g/mol. The molecule has 1 aliphatic heterocycles. The average molecular weight is 173 g/mol. The topological polar surface area (TPSA) is 41.8 Å². The van der Waals surface area contributed by atoms with Crippen molar-refractivity contribution < 1.29 is 9.84 Å². The molecule has 0 aromatic heterocycles. The summed E-state index contributed by atoms with van der Waals surface area (Å²) in [6.45, 7) is 0. The van der Waals surface area contributed by atoms with Crippen LogP contribution in [0.2, 0.25) is 0 Å². The molecule has 0 bridgehead atoms. The number of hydrogen-bond acceptors (Lipinski definition) is 4. The number of aliphatic hydroxyl groups excluding tert-OH is 1. The molecule has 1 rings (SSSR count). The minimum Gasteiger partial charge on any atom is -0.505 e. The van der Waals surface area contributed by atoms with Gasteiger partial charge in [0.2, 0.25) is 0 Å². The van der Waals surface area contributed by atoms with Crippen molar-refractivity contribution in [3.63, 3.8) is 0 Å². The van der Waals surface area contributed by atoms with E-state index in [1.165, 1.54) is 11.8 Å². The molecule has 0 fully saturated rings. The lowest BCUT2D eigenvalue weighted by molar-refractivity contribution is 0.111. The quantitative estimate of drug-likeness (QED) is 0.654. The van der Waals surface area contributed by atoms with Gasteiger partial charge in [0.05, 0.1) is 0 Å². The molecular formula is C7H11NO2S. The van der Waals surface area contributed by atoms with Crippen molar-refractivity contribution in [3.05, 3.63) is 11.8 Å². The summed E-state index contributed by atoms with van der Waals surface area (Å²) < 4.78 is 5.01. The smallest absolute Gasteiger partial charge is 0.152 e. The van der Waals surface area contributed by atoms with Crippen LogP contribution in [0.1, 0.15) is 6.42 Å². The minimum absolute atomic E-state index is 0.117. The summed E-state index contributed by atoms with van der Waals surface area (Å²) in [5.74, 6) is 0.269. The second kappa shape index (κ2) is 3.78. The number of ether oxygens (including phenoxy) is 1. The predicted molar refractivity (Wildman–Crippen MR) is 47.1 cm³/mol. The lowest BCUT2D eigenvalue weighted by atomic mass is 10.3. The summed E-state index contributed by atoms with van der Waals surface area (Å²) in [5, 5.41) is 9.89. The Kier molecular flexibility index (Phi) is 2.96. The van der Waals surface area contributed by atoms with Crippen molar-refractivity contribution in [3.8, 4) is 0 Å². The Morgan fingerprint density at radius 1 is 1.82 bits per heavy atom. The molecule has 0 aromatic rings. The fourth-order valence-electron chi connectivity index (χ4n) is 0.856. The maximum absolute atomic E-state index is 9.24. The lowest BCUT2D eigenvalue weighted by Gasteiger charge is -2.15. The van der Waals surface area contributed by atoms with E-state index in [1.807, 2.05) is 6.26 Å². The van der Waals surface area contributed by atoms with Crippen LogP contribution in [0, 0.1) is 0 Å². The number of dihydropyridines is 1. The first-order valence-electron chi connectivity index (χ1n) is 3.32. The van der Waals surface area contributed by atoms with Crippen LogP contribution in [0.15, 0.2) is 16.8 Å². The Hall–Kier alpha value is -0.480. The number of nitrogens with zero attached hydrogens (tertiary/aromatic N) is 1. The van der Waals surface area contributed by atoms with Crippen LogP contribution in [0.4, 0.5) is 0 Å². The molecule has 1 heterocycles. The van der Waals surface area contributed by atoms with Crippen LogP contribution in [-0.4, -0.2) is 29.7 Å². The molecular weight excluding hydrogens is 162 g/mol. The minimum atomic E-state index is -0.117. The van der Waals surface area contributed by atoms with E-state index < -0.39 is 0 Å². The summed E-state index contributed by atoms with van der Waals surface area (Å²) in [6, 6.07) is 0. The van der Waals surface area contributed by atoms with E-state index in [0.717, 1.165) is 0 Å². The van der Waals surface area contributed by atoms with Gasteiger partial charge >= 0.3 is 0 Å². The molecule has 11 heavy (non-hydrogen) atoms. The summed E-state index contributed by atoms with van der Waals surface area (Å²) in [6.07, 6.45) is 4.15. The van der Waals surface area contributed by atoms with E-state index in [9.17, 15) is 5.11 Å². The Labute approximate surface area is 70.2 Å². The van der Waals surface area contributed by atoms with Gasteiger partial charge in [-0.3, -0.25) is 0 Å². The predicted octanol–water partition coefficient (Wildman–Crippen LogP) is 1.57. The summed E-state index contributed by atoms with van der Waals surface area (Å²) in [7, 11) is 1.61. The summed E-state index contributed by atoms with van der Waals surface area (Å²) in [5.41, 5.74) is 0. The van der Waals surface area contributed by atoms with Crippen LogP contribution in [-0.2, 0) is 4.74 Å². The SMILES string of the molecule is COC1CC=C(O)C(SC)=N1. The molecule has 0 saturated heterocycles. The Bertz CT molecular complexity index is 201. The molecule has 1 atom stereocenters. The van der Waals surface area contributed by atoms with Gasteiger partial charge in [-0.15, -0.1) is 11.8 Å². The second-order valence-electron chi connectivity index (χ2n) is 2.15. The summed E-state index contributed by atoms with van der Waals surface area (Å²) in [4.78, 5) is 4.14. The van der Waals surface area contributed by atoms with Gasteiger partial charge in [-0.1, -0.05) is 0 Å². The van der Waals surface area contributed by atoms with Crippen LogP contribution in [0.5, 0.6) is 0 Å². The lowest BCUT2D eigenvalue weighted by Crippen LogP contribution is -2.14. The van der Waals surface area contributed by atoms with Gasteiger partial charge in [-0.25, -0.2) is 4.99 Å². The highest BCUT2D eigenvalue weighted by Gasteiger charge is 2.14. The second-order valence-corrected chi connectivity index (χ2v) is 2.95. The molecule has 1 unspecified atom stereocenters. The maximum atomic E-state index is 9.24. The molecule has 0 saturated carbocycles. The van der Waals surface area contributed by atoms with Gasteiger partial charge in [0.1, 0.15) is 10.8 Å². The third kappa shape index (κ3) is 1.97. The van der Waals surface area contributed by atoms with E-state index in [1.54, 1.807) is 13.2 Å². The van der Waals surface area contributed by atoms with Crippen molar-refractivity contribution in [1.82, 2.24) is 0 Å². The van der Waals surface area contributed by atoms with E-state index in [2.05, 4.69) is 4.99 Å². The molecule has 0 spiro atoms. The van der Waals surface area contributed by atoms with E-state index in [-0.39, 0.29) is 12.0 Å². The zero-order valence-corrected chi connectivity index (χ0v) is 7.39. The molecule has 3 nitrogen and oxygen atoms in total. The highest BCUT2D eigenvalue weighted by Crippen LogP contribution is 2.17. The fourth-order valence-corrected chi connectivity index (χ4v) is 1.37. The number of methoxy groups -OCH3 is 1. The standard InChI is InChI=1S/C7H11NO2S/c1-10-6-4-3-5(9)7(8-6)11-2/h3,6,9H,4H2,1-2H3. The zero-order valence-electron chi connectivity index (χ0n) is 6.57. The van der Waals surface area contributed by atoms with E-state index in [0.29, 0.717) is 11.5 Å². The molecule has 0 aromatic carbocycles. The highest BCUT2D eigenvalue weighted by atomic mass is 32.2. The largest absolute Gasteiger partial charge is 0.505 e. The molecule has 62 valence electrons. The van der Waals surface area contributed by atoms with Gasteiger partial charge in [0.25, 0.3) is 0 Å². The number of rotatable bonds is 1. The number of thioether (sulfide) groups is 1. The van der Waals surface area contributed by atoms with Crippen molar-refractivity contribution in [1.29, 1.82) is 0 Å². The van der Waals surface area contributed by atoms with Crippen molar-refractivity contribution in [2.45, 2.75) is 12.6 Å². The highest BCUT2D eigenvalue weighted by molar-refractivity contribution is 8.13. The first-order valence-corrected chi connectivity index (χ1v) is 4.54. The Morgan fingerprint density at radius 3 is 3.09 bits per heavy atom. The Balaban J connectivity index is 2.69. The third-order valence-electron chi connectivity index (χ3n) is 1.46. The van der Waals surface area contributed by atoms with Crippen molar-refractivity contribution >= 4 is 16.8 Å². The first kappa shape index (κ1) is 8.62. The van der Waals surface area contributed by atoms with Gasteiger partial charge in [-0.05, 0) is 12.3 Å². The number of aliphatic hydroxyl groups is 1. The van der Waals surface area contributed by atoms with Crippen LogP contribution in [0.25, 0.3) is 0 Å². The molecule has 0 aliphatic carbocycles. The molecule has 0 radical (unpaired) electrons. The fraction of sp³-hybridized carbons (Fsp3) is 0.571. The third-order valence-corrected chi connectivity index (χ3v) is 2.16. The summed E-state index contributed by atoms with van der Waals surface area (Å²) >= 11 is 1.42.